The lowest BCUT2D eigenvalue weighted by atomic mass is 10.2. The van der Waals surface area contributed by atoms with Crippen molar-refractivity contribution in [2.45, 2.75) is 6.61 Å². The Kier molecular flexibility index (Phi) is 4.29. The lowest BCUT2D eigenvalue weighted by Gasteiger charge is -2.08. The summed E-state index contributed by atoms with van der Waals surface area (Å²) < 4.78 is 31.5. The maximum Gasteiger partial charge on any atom is 0.287 e. The van der Waals surface area contributed by atoms with Crippen LogP contribution in [0.1, 0.15) is 5.56 Å². The highest BCUT2D eigenvalue weighted by Crippen LogP contribution is 2.34. The first-order valence-electron chi connectivity index (χ1n) is 5.48. The first-order valence-corrected chi connectivity index (χ1v) is 6.27. The predicted molar refractivity (Wildman–Crippen MR) is 71.5 cm³/mol. The quantitative estimate of drug-likeness (QED) is 0.617. The zero-order valence-corrected chi connectivity index (χ0v) is 11.6. The van der Waals surface area contributed by atoms with Gasteiger partial charge in [-0.05, 0) is 39.7 Å². The van der Waals surface area contributed by atoms with Gasteiger partial charge in [0.05, 0.1) is 4.92 Å². The molecule has 0 N–H and O–H groups in total. The first kappa shape index (κ1) is 14.4. The Balaban J connectivity index is 2.19. The van der Waals surface area contributed by atoms with Gasteiger partial charge in [-0.15, -0.1) is 0 Å². The van der Waals surface area contributed by atoms with E-state index in [0.717, 1.165) is 18.2 Å². The number of ether oxygens (including phenoxy) is 1. The normalized spacial score (nSPS) is 10.3. The largest absolute Gasteiger partial charge is 0.487 e. The van der Waals surface area contributed by atoms with E-state index in [2.05, 4.69) is 15.9 Å². The molecule has 2 aromatic carbocycles. The zero-order valence-electron chi connectivity index (χ0n) is 9.98. The molecule has 0 spiro atoms. The van der Waals surface area contributed by atoms with Crippen LogP contribution in [-0.4, -0.2) is 4.92 Å². The smallest absolute Gasteiger partial charge is 0.287 e. The molecular formula is C13H8BrF2NO3. The summed E-state index contributed by atoms with van der Waals surface area (Å²) in [5.74, 6) is -1.19. The fourth-order valence-electron chi connectivity index (χ4n) is 1.61. The van der Waals surface area contributed by atoms with Crippen LogP contribution in [0.25, 0.3) is 0 Å². The van der Waals surface area contributed by atoms with E-state index >= 15 is 0 Å². The third-order valence-corrected chi connectivity index (χ3v) is 3.25. The van der Waals surface area contributed by atoms with Gasteiger partial charge < -0.3 is 4.74 Å². The molecule has 0 unspecified atom stereocenters. The van der Waals surface area contributed by atoms with E-state index in [9.17, 15) is 18.9 Å². The fourth-order valence-corrected chi connectivity index (χ4v) is 2.13. The summed E-state index contributed by atoms with van der Waals surface area (Å²) in [6, 6.07) is 7.32. The van der Waals surface area contributed by atoms with Gasteiger partial charge in [0.2, 0.25) is 0 Å². The monoisotopic (exact) mass is 343 g/mol. The third-order valence-electron chi connectivity index (χ3n) is 2.46. The summed E-state index contributed by atoms with van der Waals surface area (Å²) in [6.45, 7) is -0.103. The van der Waals surface area contributed by atoms with Crippen molar-refractivity contribution in [2.24, 2.45) is 0 Å². The molecular weight excluding hydrogens is 336 g/mol. The van der Waals surface area contributed by atoms with E-state index in [-0.39, 0.29) is 22.5 Å². The molecule has 0 atom stereocenters. The van der Waals surface area contributed by atoms with Crippen LogP contribution in [0.15, 0.2) is 40.9 Å². The van der Waals surface area contributed by atoms with Gasteiger partial charge in [-0.2, -0.15) is 0 Å². The van der Waals surface area contributed by atoms with Crippen molar-refractivity contribution in [1.82, 2.24) is 0 Å². The van der Waals surface area contributed by atoms with E-state index in [4.69, 9.17) is 4.74 Å². The average molecular weight is 344 g/mol. The van der Waals surface area contributed by atoms with Crippen LogP contribution in [0.5, 0.6) is 5.75 Å². The molecule has 0 saturated heterocycles. The molecule has 0 aliphatic rings. The lowest BCUT2D eigenvalue weighted by Crippen LogP contribution is -1.99. The molecule has 4 nitrogen and oxygen atoms in total. The number of hydrogen-bond donors (Lipinski definition) is 0. The highest BCUT2D eigenvalue weighted by molar-refractivity contribution is 9.10. The van der Waals surface area contributed by atoms with Crippen molar-refractivity contribution in [1.29, 1.82) is 0 Å². The van der Waals surface area contributed by atoms with Crippen LogP contribution in [0.4, 0.5) is 14.5 Å². The fraction of sp³-hybridized carbons (Fsp3) is 0.0769. The highest BCUT2D eigenvalue weighted by atomic mass is 79.9. The average Bonchev–Trinajstić information content (AvgIpc) is 2.36. The van der Waals surface area contributed by atoms with Crippen LogP contribution in [-0.2, 0) is 6.61 Å². The molecule has 7 heteroatoms. The Morgan fingerprint density at radius 1 is 1.20 bits per heavy atom. The molecule has 0 bridgehead atoms. The number of halogens is 3. The van der Waals surface area contributed by atoms with E-state index in [0.29, 0.717) is 5.56 Å². The molecule has 104 valence electrons. The molecule has 0 amide bonds. The van der Waals surface area contributed by atoms with Gasteiger partial charge >= 0.3 is 0 Å². The van der Waals surface area contributed by atoms with Crippen LogP contribution in [0, 0.1) is 21.7 Å². The van der Waals surface area contributed by atoms with Gasteiger partial charge in [0.1, 0.15) is 28.5 Å². The molecule has 0 heterocycles. The minimum atomic E-state index is -0.707. The van der Waals surface area contributed by atoms with Gasteiger partial charge in [0, 0.05) is 12.1 Å². The molecule has 0 aliphatic carbocycles. The van der Waals surface area contributed by atoms with Crippen molar-refractivity contribution in [3.05, 3.63) is 68.2 Å². The summed E-state index contributed by atoms with van der Waals surface area (Å²) in [5.41, 5.74) is 0.147. The van der Waals surface area contributed by atoms with Gasteiger partial charge in [-0.3, -0.25) is 10.1 Å². The maximum absolute atomic E-state index is 13.0. The minimum Gasteiger partial charge on any atom is -0.487 e. The summed E-state index contributed by atoms with van der Waals surface area (Å²) >= 11 is 3.07. The van der Waals surface area contributed by atoms with Crippen LogP contribution < -0.4 is 4.74 Å². The number of hydrogen-bond acceptors (Lipinski definition) is 3. The van der Waals surface area contributed by atoms with E-state index in [1.807, 2.05) is 0 Å². The highest BCUT2D eigenvalue weighted by Gasteiger charge is 2.16. The SMILES string of the molecule is O=[N+]([O-])c1cccc(OCc2cc(F)cc(F)c2)c1Br. The molecule has 2 aromatic rings. The number of benzene rings is 2. The van der Waals surface area contributed by atoms with Gasteiger partial charge in [-0.1, -0.05) is 6.07 Å². The van der Waals surface area contributed by atoms with E-state index in [1.54, 1.807) is 0 Å². The molecule has 0 fully saturated rings. The second-order valence-corrected chi connectivity index (χ2v) is 4.71. The number of nitrogens with zero attached hydrogens (tertiary/aromatic N) is 1. The van der Waals surface area contributed by atoms with Crippen LogP contribution in [0.3, 0.4) is 0 Å². The second kappa shape index (κ2) is 5.96. The number of rotatable bonds is 4. The van der Waals surface area contributed by atoms with Crippen LogP contribution in [0.2, 0.25) is 0 Å². The van der Waals surface area contributed by atoms with Gasteiger partial charge in [0.15, 0.2) is 0 Å². The Morgan fingerprint density at radius 3 is 2.45 bits per heavy atom. The Bertz CT molecular complexity index is 644. The molecule has 20 heavy (non-hydrogen) atoms. The zero-order chi connectivity index (χ0) is 14.7. The van der Waals surface area contributed by atoms with Crippen molar-refractivity contribution in [2.75, 3.05) is 0 Å². The molecule has 0 aromatic heterocycles. The molecule has 2 rings (SSSR count). The topological polar surface area (TPSA) is 52.4 Å². The number of nitro groups is 1. The Hall–Kier alpha value is -2.02. The molecule has 0 radical (unpaired) electrons. The van der Waals surface area contributed by atoms with Crippen molar-refractivity contribution in [3.8, 4) is 5.75 Å². The molecule has 0 aliphatic heterocycles. The summed E-state index contributed by atoms with van der Waals surface area (Å²) in [5, 5.41) is 10.8. The minimum absolute atomic E-state index is 0.103. The van der Waals surface area contributed by atoms with Gasteiger partial charge in [-0.25, -0.2) is 8.78 Å². The first-order chi connectivity index (χ1) is 9.47. The number of nitro benzene ring substituents is 1. The van der Waals surface area contributed by atoms with E-state index in [1.165, 1.54) is 18.2 Å². The third kappa shape index (κ3) is 3.30. The van der Waals surface area contributed by atoms with Crippen LogP contribution >= 0.6 is 15.9 Å². The predicted octanol–water partition coefficient (Wildman–Crippen LogP) is 4.21. The summed E-state index contributed by atoms with van der Waals surface area (Å²) in [7, 11) is 0. The van der Waals surface area contributed by atoms with Crippen molar-refractivity contribution < 1.29 is 18.4 Å². The Labute approximate surface area is 121 Å². The van der Waals surface area contributed by atoms with Crippen molar-refractivity contribution >= 4 is 21.6 Å². The molecule has 0 saturated carbocycles. The second-order valence-electron chi connectivity index (χ2n) is 3.91. The summed E-state index contributed by atoms with van der Waals surface area (Å²) in [4.78, 5) is 10.2. The standard InChI is InChI=1S/C13H8BrF2NO3/c14-13-11(17(18)19)2-1-3-12(13)20-7-8-4-9(15)6-10(16)5-8/h1-6H,7H2. The summed E-state index contributed by atoms with van der Waals surface area (Å²) in [6.07, 6.45) is 0. The van der Waals surface area contributed by atoms with E-state index < -0.39 is 16.6 Å². The van der Waals surface area contributed by atoms with Gasteiger partial charge in [0.25, 0.3) is 5.69 Å². The Morgan fingerprint density at radius 2 is 1.85 bits per heavy atom. The maximum atomic E-state index is 13.0. The lowest BCUT2D eigenvalue weighted by molar-refractivity contribution is -0.385. The van der Waals surface area contributed by atoms with Crippen molar-refractivity contribution in [3.63, 3.8) is 0 Å².